The van der Waals surface area contributed by atoms with Crippen molar-refractivity contribution >= 4 is 24.0 Å². The second-order valence-corrected chi connectivity index (χ2v) is 4.13. The van der Waals surface area contributed by atoms with Crippen molar-refractivity contribution in [3.05, 3.63) is 12.4 Å². The van der Waals surface area contributed by atoms with E-state index in [0.29, 0.717) is 12.5 Å². The van der Waals surface area contributed by atoms with Crippen LogP contribution in [0.5, 0.6) is 0 Å². The van der Waals surface area contributed by atoms with Crippen LogP contribution in [0.4, 0.5) is 5.69 Å². The number of carbonyl (C=O) groups is 1. The van der Waals surface area contributed by atoms with Gasteiger partial charge in [0.15, 0.2) is 0 Å². The van der Waals surface area contributed by atoms with Crippen molar-refractivity contribution in [1.82, 2.24) is 15.1 Å². The summed E-state index contributed by atoms with van der Waals surface area (Å²) in [7, 11) is 0. The summed E-state index contributed by atoms with van der Waals surface area (Å²) in [6.45, 7) is 3.87. The summed E-state index contributed by atoms with van der Waals surface area (Å²) in [5.41, 5.74) is 0.782. The van der Waals surface area contributed by atoms with Crippen molar-refractivity contribution in [3.8, 4) is 0 Å². The molecule has 6 heteroatoms. The third-order valence-corrected chi connectivity index (χ3v) is 2.84. The Morgan fingerprint density at radius 3 is 3.12 bits per heavy atom. The maximum absolute atomic E-state index is 11.7. The molecule has 0 aromatic carbocycles. The Morgan fingerprint density at radius 2 is 2.53 bits per heavy atom. The SMILES string of the molecule is CCn1cc(NC(=O)CC2CCCN2)cn1.Cl. The molecule has 1 amide bonds. The summed E-state index contributed by atoms with van der Waals surface area (Å²) in [6, 6.07) is 0.348. The van der Waals surface area contributed by atoms with E-state index in [-0.39, 0.29) is 18.3 Å². The molecule has 1 atom stereocenters. The van der Waals surface area contributed by atoms with Gasteiger partial charge in [-0.3, -0.25) is 9.48 Å². The molecular weight excluding hydrogens is 240 g/mol. The van der Waals surface area contributed by atoms with Crippen molar-refractivity contribution in [2.24, 2.45) is 0 Å². The monoisotopic (exact) mass is 258 g/mol. The van der Waals surface area contributed by atoms with Gasteiger partial charge in [-0.05, 0) is 26.3 Å². The molecule has 96 valence electrons. The highest BCUT2D eigenvalue weighted by atomic mass is 35.5. The topological polar surface area (TPSA) is 59.0 Å². The number of aromatic nitrogens is 2. The normalized spacial score (nSPS) is 18.8. The number of hydrogen-bond acceptors (Lipinski definition) is 3. The van der Waals surface area contributed by atoms with Crippen molar-refractivity contribution in [3.63, 3.8) is 0 Å². The average Bonchev–Trinajstić information content (AvgIpc) is 2.89. The fraction of sp³-hybridized carbons (Fsp3) is 0.636. The number of aryl methyl sites for hydroxylation is 1. The Kier molecular flexibility index (Phi) is 5.44. The Hall–Kier alpha value is -1.07. The lowest BCUT2D eigenvalue weighted by Crippen LogP contribution is -2.27. The van der Waals surface area contributed by atoms with Crippen LogP contribution < -0.4 is 10.6 Å². The highest BCUT2D eigenvalue weighted by Crippen LogP contribution is 2.11. The molecule has 0 saturated carbocycles. The Balaban J connectivity index is 0.00000144. The van der Waals surface area contributed by atoms with Crippen LogP contribution in [0.1, 0.15) is 26.2 Å². The van der Waals surface area contributed by atoms with Crippen LogP contribution in [0.2, 0.25) is 0 Å². The van der Waals surface area contributed by atoms with Crippen molar-refractivity contribution in [2.45, 2.75) is 38.8 Å². The maximum atomic E-state index is 11.7. The van der Waals surface area contributed by atoms with Gasteiger partial charge in [0.05, 0.1) is 11.9 Å². The molecule has 2 heterocycles. The van der Waals surface area contributed by atoms with E-state index in [1.807, 2.05) is 13.1 Å². The number of halogens is 1. The molecule has 1 aliphatic rings. The number of carbonyl (C=O) groups excluding carboxylic acids is 1. The van der Waals surface area contributed by atoms with Crippen LogP contribution in [0.3, 0.4) is 0 Å². The second-order valence-electron chi connectivity index (χ2n) is 4.13. The Labute approximate surface area is 107 Å². The molecule has 1 saturated heterocycles. The zero-order chi connectivity index (χ0) is 11.4. The van der Waals surface area contributed by atoms with E-state index in [9.17, 15) is 4.79 Å². The van der Waals surface area contributed by atoms with Gasteiger partial charge >= 0.3 is 0 Å². The predicted molar refractivity (Wildman–Crippen MR) is 69.4 cm³/mol. The summed E-state index contributed by atoms with van der Waals surface area (Å²) in [5, 5.41) is 10.3. The maximum Gasteiger partial charge on any atom is 0.226 e. The zero-order valence-corrected chi connectivity index (χ0v) is 10.8. The van der Waals surface area contributed by atoms with Crippen LogP contribution in [0.15, 0.2) is 12.4 Å². The highest BCUT2D eigenvalue weighted by Gasteiger charge is 2.17. The summed E-state index contributed by atoms with van der Waals surface area (Å²) in [4.78, 5) is 11.7. The minimum absolute atomic E-state index is 0. The molecular formula is C11H19ClN4O. The van der Waals surface area contributed by atoms with Gasteiger partial charge in [-0.25, -0.2) is 0 Å². The summed E-state index contributed by atoms with van der Waals surface area (Å²) < 4.78 is 1.80. The molecule has 17 heavy (non-hydrogen) atoms. The van der Waals surface area contributed by atoms with Gasteiger partial charge in [-0.1, -0.05) is 0 Å². The van der Waals surface area contributed by atoms with E-state index in [0.717, 1.165) is 25.2 Å². The van der Waals surface area contributed by atoms with E-state index in [1.165, 1.54) is 6.42 Å². The van der Waals surface area contributed by atoms with Crippen LogP contribution in [-0.2, 0) is 11.3 Å². The first kappa shape index (κ1) is 14.0. The van der Waals surface area contributed by atoms with E-state index < -0.39 is 0 Å². The number of nitrogens with zero attached hydrogens (tertiary/aromatic N) is 2. The molecule has 2 N–H and O–H groups in total. The fourth-order valence-corrected chi connectivity index (χ4v) is 1.97. The molecule has 0 radical (unpaired) electrons. The third kappa shape index (κ3) is 4.02. The number of nitrogens with one attached hydrogen (secondary N) is 2. The van der Waals surface area contributed by atoms with Crippen LogP contribution >= 0.6 is 12.4 Å². The minimum atomic E-state index is 0. The highest BCUT2D eigenvalue weighted by molar-refractivity contribution is 5.90. The standard InChI is InChI=1S/C11H18N4O.ClH/c1-2-15-8-10(7-13-15)14-11(16)6-9-4-3-5-12-9;/h7-9,12H,2-6H2,1H3,(H,14,16);1H. The van der Waals surface area contributed by atoms with Crippen LogP contribution in [0.25, 0.3) is 0 Å². The van der Waals surface area contributed by atoms with Gasteiger partial charge in [0.2, 0.25) is 5.91 Å². The number of amides is 1. The lowest BCUT2D eigenvalue weighted by atomic mass is 10.1. The molecule has 2 rings (SSSR count). The molecule has 0 spiro atoms. The van der Waals surface area contributed by atoms with E-state index in [4.69, 9.17) is 0 Å². The molecule has 1 unspecified atom stereocenters. The van der Waals surface area contributed by atoms with Crippen molar-refractivity contribution < 1.29 is 4.79 Å². The quantitative estimate of drug-likeness (QED) is 0.859. The minimum Gasteiger partial charge on any atom is -0.323 e. The molecule has 1 aromatic rings. The largest absolute Gasteiger partial charge is 0.323 e. The third-order valence-electron chi connectivity index (χ3n) is 2.84. The van der Waals surface area contributed by atoms with E-state index in [2.05, 4.69) is 15.7 Å². The van der Waals surface area contributed by atoms with E-state index in [1.54, 1.807) is 10.9 Å². The molecule has 0 bridgehead atoms. The molecule has 1 aromatic heterocycles. The Bertz CT molecular complexity index is 360. The van der Waals surface area contributed by atoms with Gasteiger partial charge in [-0.2, -0.15) is 5.10 Å². The van der Waals surface area contributed by atoms with Gasteiger partial charge in [0.1, 0.15) is 0 Å². The molecule has 1 aliphatic heterocycles. The van der Waals surface area contributed by atoms with Gasteiger partial charge in [0, 0.05) is 25.2 Å². The van der Waals surface area contributed by atoms with Crippen molar-refractivity contribution in [2.75, 3.05) is 11.9 Å². The smallest absolute Gasteiger partial charge is 0.226 e. The number of anilines is 1. The summed E-state index contributed by atoms with van der Waals surface area (Å²) in [6.07, 6.45) is 6.36. The first-order valence-electron chi connectivity index (χ1n) is 5.83. The number of rotatable bonds is 4. The zero-order valence-electron chi connectivity index (χ0n) is 9.98. The molecule has 5 nitrogen and oxygen atoms in total. The van der Waals surface area contributed by atoms with Crippen LogP contribution in [0, 0.1) is 0 Å². The lowest BCUT2D eigenvalue weighted by Gasteiger charge is -2.08. The van der Waals surface area contributed by atoms with Crippen molar-refractivity contribution in [1.29, 1.82) is 0 Å². The first-order chi connectivity index (χ1) is 7.78. The summed E-state index contributed by atoms with van der Waals surface area (Å²) >= 11 is 0. The molecule has 1 fully saturated rings. The van der Waals surface area contributed by atoms with Gasteiger partial charge in [-0.15, -0.1) is 12.4 Å². The van der Waals surface area contributed by atoms with Gasteiger partial charge < -0.3 is 10.6 Å². The summed E-state index contributed by atoms with van der Waals surface area (Å²) in [5.74, 6) is 0.0649. The molecule has 0 aliphatic carbocycles. The second kappa shape index (κ2) is 6.61. The lowest BCUT2D eigenvalue weighted by molar-refractivity contribution is -0.116. The predicted octanol–water partition coefficient (Wildman–Crippen LogP) is 1.41. The van der Waals surface area contributed by atoms with Crippen LogP contribution in [-0.4, -0.2) is 28.3 Å². The fourth-order valence-electron chi connectivity index (χ4n) is 1.97. The number of hydrogen-bond donors (Lipinski definition) is 2. The first-order valence-corrected chi connectivity index (χ1v) is 5.83. The van der Waals surface area contributed by atoms with Gasteiger partial charge in [0.25, 0.3) is 0 Å². The van der Waals surface area contributed by atoms with E-state index >= 15 is 0 Å². The Morgan fingerprint density at radius 1 is 1.71 bits per heavy atom. The average molecular weight is 259 g/mol.